The average molecular weight is 430 g/mol. The quantitative estimate of drug-likeness (QED) is 0.724. The first kappa shape index (κ1) is 21.6. The van der Waals surface area contributed by atoms with Crippen molar-refractivity contribution in [1.82, 2.24) is 10.2 Å². The number of ether oxygens (including phenoxy) is 2. The summed E-state index contributed by atoms with van der Waals surface area (Å²) >= 11 is 0. The number of nitrogens with zero attached hydrogens (tertiary/aromatic N) is 1. The van der Waals surface area contributed by atoms with Gasteiger partial charge < -0.3 is 25.0 Å². The van der Waals surface area contributed by atoms with Crippen LogP contribution in [0.15, 0.2) is 18.2 Å². The Morgan fingerprint density at radius 1 is 1.16 bits per heavy atom. The van der Waals surface area contributed by atoms with Gasteiger partial charge in [-0.05, 0) is 49.8 Å². The van der Waals surface area contributed by atoms with E-state index in [1.165, 1.54) is 12.8 Å². The molecule has 168 valence electrons. The van der Waals surface area contributed by atoms with Gasteiger partial charge in [-0.15, -0.1) is 0 Å². The second-order valence-electron chi connectivity index (χ2n) is 8.73. The average Bonchev–Trinajstić information content (AvgIpc) is 3.59. The van der Waals surface area contributed by atoms with Crippen LogP contribution in [-0.4, -0.2) is 61.1 Å². The van der Waals surface area contributed by atoms with E-state index >= 15 is 0 Å². The molecule has 1 aliphatic carbocycles. The Hall–Kier alpha value is -2.61. The molecule has 1 aromatic rings. The zero-order valence-corrected chi connectivity index (χ0v) is 18.2. The summed E-state index contributed by atoms with van der Waals surface area (Å²) in [6.07, 6.45) is 4.11. The molecule has 2 aliphatic heterocycles. The molecule has 2 N–H and O–H groups in total. The number of likely N-dealkylation sites (N-methyl/N-ethyl adjacent to an activating group) is 1. The lowest BCUT2D eigenvalue weighted by atomic mass is 9.94. The predicted octanol–water partition coefficient (Wildman–Crippen LogP) is 2.33. The Morgan fingerprint density at radius 2 is 1.97 bits per heavy atom. The largest absolute Gasteiger partial charge is 0.490 e. The molecule has 31 heavy (non-hydrogen) atoms. The molecular formula is C23H31N3O5. The predicted molar refractivity (Wildman–Crippen MR) is 115 cm³/mol. The second-order valence-corrected chi connectivity index (χ2v) is 8.73. The second kappa shape index (κ2) is 9.26. The van der Waals surface area contributed by atoms with E-state index in [4.69, 9.17) is 9.47 Å². The Kier molecular flexibility index (Phi) is 6.46. The highest BCUT2D eigenvalue weighted by Gasteiger charge is 2.39. The lowest BCUT2D eigenvalue weighted by Crippen LogP contribution is -2.54. The molecule has 3 aliphatic rings. The van der Waals surface area contributed by atoms with E-state index in [2.05, 4.69) is 10.6 Å². The van der Waals surface area contributed by atoms with Gasteiger partial charge in [0.25, 0.3) is 5.91 Å². The summed E-state index contributed by atoms with van der Waals surface area (Å²) in [6.45, 7) is 2.84. The van der Waals surface area contributed by atoms with Crippen LogP contribution >= 0.6 is 0 Å². The number of anilines is 1. The highest BCUT2D eigenvalue weighted by Crippen LogP contribution is 2.32. The van der Waals surface area contributed by atoms with Crippen molar-refractivity contribution in [3.63, 3.8) is 0 Å². The fraction of sp³-hybridized carbons (Fsp3) is 0.609. The molecule has 0 bridgehead atoms. The number of carbonyl (C=O) groups is 3. The summed E-state index contributed by atoms with van der Waals surface area (Å²) in [7, 11) is 1.78. The number of hydrogen-bond donors (Lipinski definition) is 2. The van der Waals surface area contributed by atoms with Crippen LogP contribution in [0.4, 0.5) is 5.69 Å². The van der Waals surface area contributed by atoms with Crippen molar-refractivity contribution in [2.75, 3.05) is 25.5 Å². The van der Waals surface area contributed by atoms with Crippen LogP contribution in [-0.2, 0) is 14.3 Å². The Bertz CT molecular complexity index is 854. The SMILES string of the molecule is CCC(=O)Nc1ccc2c(c1)C(=O)N(C)[C@H]1CC[C@H](CC(=O)NCC3CC3)O[C@@H]1CO2. The Labute approximate surface area is 182 Å². The number of hydrogen-bond acceptors (Lipinski definition) is 5. The lowest BCUT2D eigenvalue weighted by Gasteiger charge is -2.42. The van der Waals surface area contributed by atoms with Crippen molar-refractivity contribution < 1.29 is 23.9 Å². The third-order valence-corrected chi connectivity index (χ3v) is 6.31. The summed E-state index contributed by atoms with van der Waals surface area (Å²) in [6, 6.07) is 4.98. The van der Waals surface area contributed by atoms with E-state index in [1.54, 1.807) is 37.1 Å². The van der Waals surface area contributed by atoms with Crippen molar-refractivity contribution >= 4 is 23.4 Å². The molecule has 2 fully saturated rings. The smallest absolute Gasteiger partial charge is 0.257 e. The van der Waals surface area contributed by atoms with Crippen LogP contribution in [0.25, 0.3) is 0 Å². The van der Waals surface area contributed by atoms with Crippen LogP contribution in [0.2, 0.25) is 0 Å². The van der Waals surface area contributed by atoms with E-state index in [0.29, 0.717) is 42.4 Å². The number of rotatable bonds is 6. The summed E-state index contributed by atoms with van der Waals surface area (Å²) in [5, 5.41) is 5.78. The third-order valence-electron chi connectivity index (χ3n) is 6.31. The maximum atomic E-state index is 13.2. The Morgan fingerprint density at radius 3 is 2.71 bits per heavy atom. The first-order valence-electron chi connectivity index (χ1n) is 11.2. The molecule has 0 aromatic heterocycles. The molecular weight excluding hydrogens is 398 g/mol. The summed E-state index contributed by atoms with van der Waals surface area (Å²) < 4.78 is 12.2. The highest BCUT2D eigenvalue weighted by atomic mass is 16.5. The van der Waals surface area contributed by atoms with Gasteiger partial charge in [-0.1, -0.05) is 6.92 Å². The monoisotopic (exact) mass is 429 g/mol. The minimum atomic E-state index is -0.295. The summed E-state index contributed by atoms with van der Waals surface area (Å²) in [4.78, 5) is 38.8. The molecule has 4 rings (SSSR count). The van der Waals surface area contributed by atoms with Crippen LogP contribution < -0.4 is 15.4 Å². The van der Waals surface area contributed by atoms with Crippen molar-refractivity contribution in [1.29, 1.82) is 0 Å². The lowest BCUT2D eigenvalue weighted by molar-refractivity contribution is -0.134. The third kappa shape index (κ3) is 5.18. The van der Waals surface area contributed by atoms with Gasteiger partial charge in [0.05, 0.1) is 24.1 Å². The van der Waals surface area contributed by atoms with Crippen LogP contribution in [0.3, 0.4) is 0 Å². The van der Waals surface area contributed by atoms with Gasteiger partial charge in [0, 0.05) is 25.7 Å². The minimum absolute atomic E-state index is 0.0264. The Balaban J connectivity index is 1.42. The first-order chi connectivity index (χ1) is 14.9. The molecule has 8 nitrogen and oxygen atoms in total. The van der Waals surface area contributed by atoms with E-state index in [9.17, 15) is 14.4 Å². The van der Waals surface area contributed by atoms with Gasteiger partial charge in [-0.2, -0.15) is 0 Å². The molecule has 8 heteroatoms. The molecule has 2 heterocycles. The molecule has 0 radical (unpaired) electrons. The maximum Gasteiger partial charge on any atom is 0.257 e. The number of fused-ring (bicyclic) bond motifs is 2. The minimum Gasteiger partial charge on any atom is -0.490 e. The molecule has 1 saturated heterocycles. The number of amides is 3. The van der Waals surface area contributed by atoms with E-state index < -0.39 is 0 Å². The topological polar surface area (TPSA) is 97.0 Å². The van der Waals surface area contributed by atoms with Crippen molar-refractivity contribution in [2.45, 2.75) is 63.7 Å². The van der Waals surface area contributed by atoms with E-state index in [-0.39, 0.29) is 36.0 Å². The van der Waals surface area contributed by atoms with Gasteiger partial charge in [0.1, 0.15) is 18.5 Å². The molecule has 3 atom stereocenters. The maximum absolute atomic E-state index is 13.2. The zero-order chi connectivity index (χ0) is 22.0. The number of carbonyl (C=O) groups excluding carboxylic acids is 3. The van der Waals surface area contributed by atoms with Gasteiger partial charge in [-0.25, -0.2) is 0 Å². The normalized spacial score (nSPS) is 25.4. The van der Waals surface area contributed by atoms with Crippen molar-refractivity contribution in [2.24, 2.45) is 5.92 Å². The van der Waals surface area contributed by atoms with Crippen molar-refractivity contribution in [3.8, 4) is 5.75 Å². The van der Waals surface area contributed by atoms with Crippen LogP contribution in [0.5, 0.6) is 5.75 Å². The summed E-state index contributed by atoms with van der Waals surface area (Å²) in [5.74, 6) is 0.869. The fourth-order valence-corrected chi connectivity index (χ4v) is 4.21. The van der Waals surface area contributed by atoms with Gasteiger partial charge >= 0.3 is 0 Å². The molecule has 0 unspecified atom stereocenters. The number of benzene rings is 1. The van der Waals surface area contributed by atoms with Crippen LogP contribution in [0, 0.1) is 5.92 Å². The number of nitrogens with one attached hydrogen (secondary N) is 2. The first-order valence-corrected chi connectivity index (χ1v) is 11.2. The molecule has 0 spiro atoms. The van der Waals surface area contributed by atoms with Crippen LogP contribution in [0.1, 0.15) is 55.8 Å². The molecule has 3 amide bonds. The van der Waals surface area contributed by atoms with Gasteiger partial charge in [0.2, 0.25) is 11.8 Å². The fourth-order valence-electron chi connectivity index (χ4n) is 4.21. The van der Waals surface area contributed by atoms with E-state index in [0.717, 1.165) is 19.4 Å². The molecule has 1 saturated carbocycles. The molecule has 1 aromatic carbocycles. The van der Waals surface area contributed by atoms with Gasteiger partial charge in [-0.3, -0.25) is 14.4 Å². The van der Waals surface area contributed by atoms with E-state index in [1.807, 2.05) is 0 Å². The van der Waals surface area contributed by atoms with Gasteiger partial charge in [0.15, 0.2) is 0 Å². The van der Waals surface area contributed by atoms with Crippen molar-refractivity contribution in [3.05, 3.63) is 23.8 Å². The summed E-state index contributed by atoms with van der Waals surface area (Å²) in [5.41, 5.74) is 1.00. The standard InChI is InChI=1S/C23H31N3O5/c1-3-21(27)25-15-6-9-19-17(10-15)23(29)26(2)18-8-7-16(31-20(18)13-30-19)11-22(28)24-12-14-4-5-14/h6,9-10,14,16,18,20H,3-5,7-8,11-13H2,1-2H3,(H,24,28)(H,25,27)/t16-,18+,20-/m1/s1. The zero-order valence-electron chi connectivity index (χ0n) is 18.2. The highest BCUT2D eigenvalue weighted by molar-refractivity contribution is 5.99.